The number of carbonyl (C=O) groups excluding carboxylic acids is 1. The molecule has 5 rings (SSSR count). The van der Waals surface area contributed by atoms with Crippen LogP contribution in [0.2, 0.25) is 0 Å². The van der Waals surface area contributed by atoms with Gasteiger partial charge in [0.15, 0.2) is 0 Å². The highest BCUT2D eigenvalue weighted by atomic mass is 16.5. The number of nitrogens with zero attached hydrogens (tertiary/aromatic N) is 5. The van der Waals surface area contributed by atoms with Crippen LogP contribution in [0.15, 0.2) is 65.6 Å². The van der Waals surface area contributed by atoms with Crippen molar-refractivity contribution in [2.75, 3.05) is 13.1 Å². The molecular formula is C27H29N5O3. The molecule has 0 bridgehead atoms. The van der Waals surface area contributed by atoms with E-state index in [0.717, 1.165) is 22.3 Å². The van der Waals surface area contributed by atoms with E-state index in [9.17, 15) is 9.59 Å². The van der Waals surface area contributed by atoms with Gasteiger partial charge in [-0.2, -0.15) is 10.2 Å². The van der Waals surface area contributed by atoms with Crippen molar-refractivity contribution in [2.24, 2.45) is 0 Å². The molecule has 1 amide bonds. The van der Waals surface area contributed by atoms with E-state index in [1.165, 1.54) is 10.7 Å². The van der Waals surface area contributed by atoms with Gasteiger partial charge in [-0.3, -0.25) is 9.59 Å². The number of fused-ring (bicyclic) bond motifs is 1. The van der Waals surface area contributed by atoms with Gasteiger partial charge in [0, 0.05) is 36.5 Å². The molecule has 1 aliphatic heterocycles. The summed E-state index contributed by atoms with van der Waals surface area (Å²) < 4.78 is 9.04. The summed E-state index contributed by atoms with van der Waals surface area (Å²) in [6.45, 7) is 8.92. The molecule has 1 fully saturated rings. The maximum absolute atomic E-state index is 13.4. The minimum atomic E-state index is -0.159. The predicted octanol–water partition coefficient (Wildman–Crippen LogP) is 4.06. The van der Waals surface area contributed by atoms with E-state index in [1.807, 2.05) is 75.2 Å². The molecule has 3 aromatic heterocycles. The Kier molecular flexibility index (Phi) is 5.98. The Morgan fingerprint density at radius 3 is 2.40 bits per heavy atom. The van der Waals surface area contributed by atoms with Gasteiger partial charge >= 0.3 is 0 Å². The van der Waals surface area contributed by atoms with Crippen molar-refractivity contribution in [3.05, 3.63) is 76.7 Å². The van der Waals surface area contributed by atoms with Gasteiger partial charge < -0.3 is 9.64 Å². The quantitative estimate of drug-likeness (QED) is 0.448. The summed E-state index contributed by atoms with van der Waals surface area (Å²) in [5.74, 6) is -0.0389. The third-order valence-electron chi connectivity index (χ3n) is 6.21. The second-order valence-electron chi connectivity index (χ2n) is 9.40. The van der Waals surface area contributed by atoms with Crippen LogP contribution in [0.25, 0.3) is 28.0 Å². The summed E-state index contributed by atoms with van der Waals surface area (Å²) in [5, 5.41) is 9.51. The summed E-state index contributed by atoms with van der Waals surface area (Å²) >= 11 is 0. The average Bonchev–Trinajstić information content (AvgIpc) is 3.22. The molecule has 1 aliphatic rings. The first kappa shape index (κ1) is 23.0. The molecule has 1 saturated heterocycles. The van der Waals surface area contributed by atoms with E-state index >= 15 is 0 Å². The number of amides is 1. The molecule has 2 unspecified atom stereocenters. The van der Waals surface area contributed by atoms with E-state index in [2.05, 4.69) is 5.10 Å². The number of carbonyl (C=O) groups is 1. The van der Waals surface area contributed by atoms with Gasteiger partial charge in [0.1, 0.15) is 5.69 Å². The second kappa shape index (κ2) is 9.11. The van der Waals surface area contributed by atoms with E-state index < -0.39 is 0 Å². The lowest BCUT2D eigenvalue weighted by Gasteiger charge is -2.35. The molecule has 0 aliphatic carbocycles. The Morgan fingerprint density at radius 1 is 1.00 bits per heavy atom. The molecule has 1 aromatic carbocycles. The molecule has 0 saturated carbocycles. The third-order valence-corrected chi connectivity index (χ3v) is 6.21. The van der Waals surface area contributed by atoms with E-state index in [-0.39, 0.29) is 29.7 Å². The SMILES string of the molecule is CC1CN(C(=O)c2ccn3nc(-c4ccccc4)c(-c4ccc(=O)n(C(C)C)n4)c3c2)CC(C)O1. The van der Waals surface area contributed by atoms with Crippen molar-refractivity contribution >= 4 is 11.4 Å². The van der Waals surface area contributed by atoms with Crippen molar-refractivity contribution in [1.29, 1.82) is 0 Å². The van der Waals surface area contributed by atoms with Crippen molar-refractivity contribution in [1.82, 2.24) is 24.3 Å². The Morgan fingerprint density at radius 2 is 1.71 bits per heavy atom. The summed E-state index contributed by atoms with van der Waals surface area (Å²) in [6.07, 6.45) is 1.79. The highest BCUT2D eigenvalue weighted by Crippen LogP contribution is 2.34. The van der Waals surface area contributed by atoms with Crippen LogP contribution < -0.4 is 5.56 Å². The topological polar surface area (TPSA) is 81.7 Å². The normalized spacial score (nSPS) is 18.4. The monoisotopic (exact) mass is 471 g/mol. The number of benzene rings is 1. The smallest absolute Gasteiger partial charge is 0.267 e. The van der Waals surface area contributed by atoms with Crippen LogP contribution in [-0.4, -0.2) is 55.5 Å². The first-order valence-electron chi connectivity index (χ1n) is 11.9. The number of hydrogen-bond donors (Lipinski definition) is 0. The van der Waals surface area contributed by atoms with Gasteiger partial charge in [0.2, 0.25) is 0 Å². The molecule has 4 aromatic rings. The molecule has 0 spiro atoms. The van der Waals surface area contributed by atoms with E-state index in [1.54, 1.807) is 16.6 Å². The zero-order valence-corrected chi connectivity index (χ0v) is 20.4. The van der Waals surface area contributed by atoms with Crippen LogP contribution in [0.4, 0.5) is 0 Å². The summed E-state index contributed by atoms with van der Waals surface area (Å²) in [5.41, 5.74) is 4.26. The van der Waals surface area contributed by atoms with Crippen molar-refractivity contribution in [3.63, 3.8) is 0 Å². The van der Waals surface area contributed by atoms with E-state index in [0.29, 0.717) is 24.3 Å². The Bertz CT molecular complexity index is 1430. The number of ether oxygens (including phenoxy) is 1. The first-order chi connectivity index (χ1) is 16.8. The van der Waals surface area contributed by atoms with Gasteiger partial charge in [-0.05, 0) is 45.9 Å². The summed E-state index contributed by atoms with van der Waals surface area (Å²) in [4.78, 5) is 27.7. The molecule has 4 heterocycles. The minimum absolute atomic E-state index is 0.0112. The lowest BCUT2D eigenvalue weighted by atomic mass is 10.0. The van der Waals surface area contributed by atoms with Crippen LogP contribution in [-0.2, 0) is 4.74 Å². The fraction of sp³-hybridized carbons (Fsp3) is 0.333. The number of rotatable bonds is 4. The van der Waals surface area contributed by atoms with Crippen LogP contribution in [0, 0.1) is 0 Å². The second-order valence-corrected chi connectivity index (χ2v) is 9.40. The van der Waals surface area contributed by atoms with Gasteiger partial charge in [-0.25, -0.2) is 9.20 Å². The Hall–Kier alpha value is -3.78. The van der Waals surface area contributed by atoms with E-state index in [4.69, 9.17) is 9.84 Å². The maximum Gasteiger partial charge on any atom is 0.267 e. The fourth-order valence-corrected chi connectivity index (χ4v) is 4.68. The Balaban J connectivity index is 1.68. The lowest BCUT2D eigenvalue weighted by Crippen LogP contribution is -2.48. The summed E-state index contributed by atoms with van der Waals surface area (Å²) in [7, 11) is 0. The van der Waals surface area contributed by atoms with Crippen LogP contribution >= 0.6 is 0 Å². The van der Waals surface area contributed by atoms with Crippen LogP contribution in [0.3, 0.4) is 0 Å². The standard InChI is InChI=1S/C27H29N5O3/c1-17(2)32-24(33)11-10-22(28-32)25-23-14-21(27(34)30-15-18(3)35-19(4)16-30)12-13-31(23)29-26(25)20-8-6-5-7-9-20/h5-14,17-19H,15-16H2,1-4H3. The lowest BCUT2D eigenvalue weighted by molar-refractivity contribution is -0.0586. The van der Waals surface area contributed by atoms with Crippen LogP contribution in [0.1, 0.15) is 44.1 Å². The molecule has 0 radical (unpaired) electrons. The van der Waals surface area contributed by atoms with Gasteiger partial charge in [-0.1, -0.05) is 30.3 Å². The van der Waals surface area contributed by atoms with Crippen molar-refractivity contribution in [3.8, 4) is 22.5 Å². The minimum Gasteiger partial charge on any atom is -0.372 e. The van der Waals surface area contributed by atoms with Gasteiger partial charge in [0.25, 0.3) is 11.5 Å². The Labute approximate surface area is 203 Å². The highest BCUT2D eigenvalue weighted by Gasteiger charge is 2.27. The molecule has 2 atom stereocenters. The molecule has 0 N–H and O–H groups in total. The number of hydrogen-bond acceptors (Lipinski definition) is 5. The van der Waals surface area contributed by atoms with Crippen LogP contribution in [0.5, 0.6) is 0 Å². The molecule has 8 heteroatoms. The summed E-state index contributed by atoms with van der Waals surface area (Å²) in [6, 6.07) is 16.7. The number of morpholine rings is 1. The molecule has 180 valence electrons. The molecule has 35 heavy (non-hydrogen) atoms. The number of pyridine rings is 1. The highest BCUT2D eigenvalue weighted by molar-refractivity contribution is 5.98. The van der Waals surface area contributed by atoms with Crippen molar-refractivity contribution < 1.29 is 9.53 Å². The number of aromatic nitrogens is 4. The average molecular weight is 472 g/mol. The predicted molar refractivity (Wildman–Crippen MR) is 134 cm³/mol. The van der Waals surface area contributed by atoms with Gasteiger partial charge in [-0.15, -0.1) is 0 Å². The van der Waals surface area contributed by atoms with Gasteiger partial charge in [0.05, 0.1) is 35.0 Å². The third kappa shape index (κ3) is 4.37. The molecular weight excluding hydrogens is 442 g/mol. The zero-order valence-electron chi connectivity index (χ0n) is 20.4. The maximum atomic E-state index is 13.4. The van der Waals surface area contributed by atoms with Crippen molar-refractivity contribution in [2.45, 2.75) is 45.9 Å². The first-order valence-corrected chi connectivity index (χ1v) is 11.9. The fourth-order valence-electron chi connectivity index (χ4n) is 4.68. The largest absolute Gasteiger partial charge is 0.372 e. The molecule has 8 nitrogen and oxygen atoms in total. The zero-order chi connectivity index (χ0) is 24.7.